The SMILES string of the molecule is CC(=O)Nc1cc(F)c(S(=O)(=O)Cl)cc1Cl. The highest BCUT2D eigenvalue weighted by molar-refractivity contribution is 8.13. The predicted octanol–water partition coefficient (Wildman–Crippen LogP) is 2.37. The van der Waals surface area contributed by atoms with Crippen LogP contribution in [0.15, 0.2) is 17.0 Å². The molecule has 0 saturated heterocycles. The molecule has 0 aromatic heterocycles. The molecule has 1 rings (SSSR count). The van der Waals surface area contributed by atoms with Crippen molar-refractivity contribution in [2.24, 2.45) is 0 Å². The lowest BCUT2D eigenvalue weighted by Gasteiger charge is -2.07. The molecule has 0 heterocycles. The molecule has 8 heteroatoms. The highest BCUT2D eigenvalue weighted by Gasteiger charge is 2.19. The Morgan fingerprint density at radius 2 is 2.00 bits per heavy atom. The highest BCUT2D eigenvalue weighted by Crippen LogP contribution is 2.29. The molecule has 0 radical (unpaired) electrons. The van der Waals surface area contributed by atoms with Gasteiger partial charge < -0.3 is 5.32 Å². The summed E-state index contributed by atoms with van der Waals surface area (Å²) in [5.41, 5.74) is -0.0178. The molecule has 1 aromatic carbocycles. The summed E-state index contributed by atoms with van der Waals surface area (Å²) in [7, 11) is 0.779. The first-order valence-corrected chi connectivity index (χ1v) is 6.62. The smallest absolute Gasteiger partial charge is 0.264 e. The quantitative estimate of drug-likeness (QED) is 0.849. The van der Waals surface area contributed by atoms with E-state index < -0.39 is 25.7 Å². The summed E-state index contributed by atoms with van der Waals surface area (Å²) in [5, 5.41) is 2.13. The molecule has 0 saturated carbocycles. The van der Waals surface area contributed by atoms with E-state index in [9.17, 15) is 17.6 Å². The average molecular weight is 286 g/mol. The summed E-state index contributed by atoms with van der Waals surface area (Å²) in [4.78, 5) is 9.99. The Labute approximate surface area is 101 Å². The number of carbonyl (C=O) groups is 1. The second-order valence-electron chi connectivity index (χ2n) is 2.88. The van der Waals surface area contributed by atoms with Gasteiger partial charge in [0.05, 0.1) is 10.7 Å². The van der Waals surface area contributed by atoms with Crippen LogP contribution in [0.25, 0.3) is 0 Å². The zero-order valence-corrected chi connectivity index (χ0v) is 10.2. The van der Waals surface area contributed by atoms with Gasteiger partial charge in [-0.25, -0.2) is 12.8 Å². The Bertz CT molecular complexity index is 544. The number of benzene rings is 1. The van der Waals surface area contributed by atoms with Crippen LogP contribution in [0, 0.1) is 5.82 Å². The topological polar surface area (TPSA) is 63.2 Å². The van der Waals surface area contributed by atoms with Crippen LogP contribution in [-0.4, -0.2) is 14.3 Å². The molecule has 1 N–H and O–H groups in total. The summed E-state index contributed by atoms with van der Waals surface area (Å²) in [6.45, 7) is 1.21. The van der Waals surface area contributed by atoms with Gasteiger partial charge in [-0.1, -0.05) is 11.6 Å². The van der Waals surface area contributed by atoms with Crippen molar-refractivity contribution < 1.29 is 17.6 Å². The molecule has 0 atom stereocenters. The van der Waals surface area contributed by atoms with Crippen LogP contribution in [0.4, 0.5) is 10.1 Å². The molecule has 0 fully saturated rings. The molecule has 0 bridgehead atoms. The number of halogens is 3. The van der Waals surface area contributed by atoms with Crippen LogP contribution in [0.3, 0.4) is 0 Å². The maximum atomic E-state index is 13.3. The van der Waals surface area contributed by atoms with E-state index in [2.05, 4.69) is 5.32 Å². The van der Waals surface area contributed by atoms with Gasteiger partial charge in [-0.2, -0.15) is 0 Å². The number of nitrogens with one attached hydrogen (secondary N) is 1. The summed E-state index contributed by atoms with van der Waals surface area (Å²) in [6.07, 6.45) is 0. The van der Waals surface area contributed by atoms with Crippen molar-refractivity contribution in [1.82, 2.24) is 0 Å². The average Bonchev–Trinajstić information content (AvgIpc) is 2.07. The fourth-order valence-corrected chi connectivity index (χ4v) is 2.18. The van der Waals surface area contributed by atoms with Gasteiger partial charge in [0.2, 0.25) is 5.91 Å². The molecule has 0 aliphatic heterocycles. The standard InChI is InChI=1S/C8H6Cl2FNO3S/c1-4(13)12-7-3-6(11)8(2-5(7)9)16(10,14)15/h2-3H,1H3,(H,12,13). The van der Waals surface area contributed by atoms with E-state index in [4.69, 9.17) is 22.3 Å². The third kappa shape index (κ3) is 3.07. The summed E-state index contributed by atoms with van der Waals surface area (Å²) < 4.78 is 35.1. The number of rotatable bonds is 2. The van der Waals surface area contributed by atoms with Gasteiger partial charge in [0.15, 0.2) is 0 Å². The summed E-state index contributed by atoms with van der Waals surface area (Å²) in [5.74, 6) is -1.54. The van der Waals surface area contributed by atoms with E-state index in [0.29, 0.717) is 0 Å². The number of hydrogen-bond donors (Lipinski definition) is 1. The second kappa shape index (κ2) is 4.57. The van der Waals surface area contributed by atoms with E-state index in [1.807, 2.05) is 0 Å². The molecule has 16 heavy (non-hydrogen) atoms. The van der Waals surface area contributed by atoms with Crippen LogP contribution < -0.4 is 5.32 Å². The number of amides is 1. The van der Waals surface area contributed by atoms with Crippen LogP contribution >= 0.6 is 22.3 Å². The van der Waals surface area contributed by atoms with Gasteiger partial charge in [0, 0.05) is 23.7 Å². The first-order valence-electron chi connectivity index (χ1n) is 3.93. The van der Waals surface area contributed by atoms with Crippen LogP contribution in [0.5, 0.6) is 0 Å². The summed E-state index contributed by atoms with van der Waals surface area (Å²) >= 11 is 5.65. The fraction of sp³-hybridized carbons (Fsp3) is 0.125. The van der Waals surface area contributed by atoms with Gasteiger partial charge in [-0.15, -0.1) is 0 Å². The maximum Gasteiger partial charge on any atom is 0.264 e. The van der Waals surface area contributed by atoms with Crippen LogP contribution in [0.2, 0.25) is 5.02 Å². The third-order valence-electron chi connectivity index (χ3n) is 1.59. The number of carbonyl (C=O) groups excluding carboxylic acids is 1. The monoisotopic (exact) mass is 285 g/mol. The van der Waals surface area contributed by atoms with E-state index in [1.54, 1.807) is 0 Å². The Kier molecular flexibility index (Phi) is 3.77. The van der Waals surface area contributed by atoms with Crippen molar-refractivity contribution in [3.05, 3.63) is 23.0 Å². The Morgan fingerprint density at radius 3 is 2.44 bits per heavy atom. The van der Waals surface area contributed by atoms with Crippen molar-refractivity contribution >= 4 is 42.9 Å². The van der Waals surface area contributed by atoms with Crippen molar-refractivity contribution in [3.63, 3.8) is 0 Å². The van der Waals surface area contributed by atoms with E-state index in [-0.39, 0.29) is 10.7 Å². The van der Waals surface area contributed by atoms with E-state index in [1.165, 1.54) is 6.92 Å². The second-order valence-corrected chi connectivity index (χ2v) is 5.82. The molecule has 0 aliphatic carbocycles. The van der Waals surface area contributed by atoms with E-state index >= 15 is 0 Å². The van der Waals surface area contributed by atoms with Crippen molar-refractivity contribution in [2.75, 3.05) is 5.32 Å². The van der Waals surface area contributed by atoms with Crippen molar-refractivity contribution in [3.8, 4) is 0 Å². The first-order chi connectivity index (χ1) is 7.21. The zero-order chi connectivity index (χ0) is 12.5. The van der Waals surface area contributed by atoms with Crippen molar-refractivity contribution in [2.45, 2.75) is 11.8 Å². The Hall–Kier alpha value is -0.850. The van der Waals surface area contributed by atoms with Gasteiger partial charge >= 0.3 is 0 Å². The molecule has 1 amide bonds. The normalized spacial score (nSPS) is 11.2. The summed E-state index contributed by atoms with van der Waals surface area (Å²) in [6, 6.07) is 1.63. The Balaban J connectivity index is 3.33. The van der Waals surface area contributed by atoms with Gasteiger partial charge in [-0.3, -0.25) is 4.79 Å². The van der Waals surface area contributed by atoms with Crippen molar-refractivity contribution in [1.29, 1.82) is 0 Å². The first kappa shape index (κ1) is 13.2. The molecule has 0 aliphatic rings. The van der Waals surface area contributed by atoms with Gasteiger partial charge in [-0.05, 0) is 6.07 Å². The minimum atomic E-state index is -4.20. The molecule has 88 valence electrons. The number of hydrogen-bond acceptors (Lipinski definition) is 3. The van der Waals surface area contributed by atoms with Crippen LogP contribution in [-0.2, 0) is 13.8 Å². The third-order valence-corrected chi connectivity index (χ3v) is 3.24. The Morgan fingerprint density at radius 1 is 1.44 bits per heavy atom. The fourth-order valence-electron chi connectivity index (χ4n) is 1.00. The van der Waals surface area contributed by atoms with Gasteiger partial charge in [0.1, 0.15) is 10.7 Å². The highest BCUT2D eigenvalue weighted by atomic mass is 35.7. The molecular formula is C8H6Cl2FNO3S. The molecule has 1 aromatic rings. The number of anilines is 1. The lowest BCUT2D eigenvalue weighted by atomic mass is 10.3. The zero-order valence-electron chi connectivity index (χ0n) is 7.92. The predicted molar refractivity (Wildman–Crippen MR) is 58.8 cm³/mol. The minimum absolute atomic E-state index is 0.0178. The van der Waals surface area contributed by atoms with Gasteiger partial charge in [0.25, 0.3) is 9.05 Å². The minimum Gasteiger partial charge on any atom is -0.325 e. The lowest BCUT2D eigenvalue weighted by Crippen LogP contribution is -2.07. The van der Waals surface area contributed by atoms with E-state index in [0.717, 1.165) is 12.1 Å². The largest absolute Gasteiger partial charge is 0.325 e. The molecular weight excluding hydrogens is 280 g/mol. The molecule has 0 spiro atoms. The molecule has 0 unspecified atom stereocenters. The maximum absolute atomic E-state index is 13.3. The lowest BCUT2D eigenvalue weighted by molar-refractivity contribution is -0.114. The molecule has 4 nitrogen and oxygen atoms in total. The van der Waals surface area contributed by atoms with Crippen LogP contribution in [0.1, 0.15) is 6.92 Å².